The molecule has 0 saturated heterocycles. The number of fused-ring (bicyclic) bond motifs is 1. The second kappa shape index (κ2) is 7.19. The van der Waals surface area contributed by atoms with Crippen molar-refractivity contribution in [2.75, 3.05) is 0 Å². The van der Waals surface area contributed by atoms with E-state index in [1.807, 2.05) is 30.3 Å². The molecule has 0 spiro atoms. The molecule has 0 atom stereocenters. The first kappa shape index (κ1) is 19.7. The summed E-state index contributed by atoms with van der Waals surface area (Å²) in [7, 11) is -3.72. The van der Waals surface area contributed by atoms with Gasteiger partial charge in [0.1, 0.15) is 6.54 Å². The first-order chi connectivity index (χ1) is 13.1. The molecule has 2 aromatic heterocycles. The van der Waals surface area contributed by atoms with E-state index in [4.69, 9.17) is 0 Å². The van der Waals surface area contributed by atoms with Crippen molar-refractivity contribution in [1.82, 2.24) is 24.7 Å². The van der Waals surface area contributed by atoms with Crippen LogP contribution in [0.25, 0.3) is 5.65 Å². The van der Waals surface area contributed by atoms with Gasteiger partial charge in [-0.3, -0.25) is 4.79 Å². The third kappa shape index (κ3) is 3.81. The van der Waals surface area contributed by atoms with Crippen LogP contribution in [0.1, 0.15) is 26.3 Å². The monoisotopic (exact) mass is 403 g/mol. The highest BCUT2D eigenvalue weighted by atomic mass is 32.2. The van der Waals surface area contributed by atoms with E-state index in [9.17, 15) is 18.0 Å². The van der Waals surface area contributed by atoms with Crippen LogP contribution in [0.2, 0.25) is 0 Å². The standard InChI is InChI=1S/C18H21N5O4S/c1-18(2,3)28(26,27)16-10-9-14-20-22(17(25)23(14)21-16)12-15(24)19-11-13-7-5-4-6-8-13/h4-10H,11-12H2,1-3H3,(H,19,24). The second-order valence-corrected chi connectivity index (χ2v) is 9.91. The highest BCUT2D eigenvalue weighted by Crippen LogP contribution is 2.22. The molecule has 10 heteroatoms. The smallest absolute Gasteiger partial charge is 0.350 e. The van der Waals surface area contributed by atoms with Gasteiger partial charge in [-0.2, -0.15) is 4.52 Å². The average Bonchev–Trinajstić information content (AvgIpc) is 2.95. The third-order valence-electron chi connectivity index (χ3n) is 4.12. The third-order valence-corrected chi connectivity index (χ3v) is 6.50. The average molecular weight is 403 g/mol. The van der Waals surface area contributed by atoms with Crippen LogP contribution < -0.4 is 11.0 Å². The van der Waals surface area contributed by atoms with Crippen molar-refractivity contribution in [3.63, 3.8) is 0 Å². The van der Waals surface area contributed by atoms with Gasteiger partial charge >= 0.3 is 5.69 Å². The predicted octanol–water partition coefficient (Wildman–Crippen LogP) is 0.780. The highest BCUT2D eigenvalue weighted by Gasteiger charge is 2.32. The molecule has 148 valence electrons. The Morgan fingerprint density at radius 3 is 2.39 bits per heavy atom. The molecular weight excluding hydrogens is 382 g/mol. The van der Waals surface area contributed by atoms with Crippen LogP contribution in [0, 0.1) is 0 Å². The fourth-order valence-electron chi connectivity index (χ4n) is 2.44. The second-order valence-electron chi connectivity index (χ2n) is 7.26. The number of carbonyl (C=O) groups is 1. The van der Waals surface area contributed by atoms with E-state index in [0.717, 1.165) is 14.8 Å². The van der Waals surface area contributed by atoms with Gasteiger partial charge in [0.05, 0.1) is 4.75 Å². The fraction of sp³-hybridized carbons (Fsp3) is 0.333. The number of rotatable bonds is 5. The van der Waals surface area contributed by atoms with E-state index < -0.39 is 26.2 Å². The summed E-state index contributed by atoms with van der Waals surface area (Å²) < 4.78 is 25.9. The van der Waals surface area contributed by atoms with Gasteiger partial charge in [0, 0.05) is 6.54 Å². The number of hydrogen-bond acceptors (Lipinski definition) is 6. The molecule has 0 saturated carbocycles. The van der Waals surface area contributed by atoms with Gasteiger partial charge < -0.3 is 5.32 Å². The summed E-state index contributed by atoms with van der Waals surface area (Å²) in [4.78, 5) is 24.6. The summed E-state index contributed by atoms with van der Waals surface area (Å²) in [6.45, 7) is 4.69. The zero-order chi connectivity index (χ0) is 20.5. The topological polar surface area (TPSA) is 115 Å². The van der Waals surface area contributed by atoms with Crippen LogP contribution >= 0.6 is 0 Å². The first-order valence-corrected chi connectivity index (χ1v) is 10.1. The van der Waals surface area contributed by atoms with Gasteiger partial charge in [-0.15, -0.1) is 10.2 Å². The van der Waals surface area contributed by atoms with Crippen LogP contribution in [-0.2, 0) is 27.7 Å². The lowest BCUT2D eigenvalue weighted by molar-refractivity contribution is -0.122. The number of hydrogen-bond donors (Lipinski definition) is 1. The Hall–Kier alpha value is -3.01. The minimum absolute atomic E-state index is 0.161. The van der Waals surface area contributed by atoms with E-state index >= 15 is 0 Å². The Balaban J connectivity index is 1.83. The summed E-state index contributed by atoms with van der Waals surface area (Å²) in [5.41, 5.74) is 0.404. The molecule has 0 aliphatic heterocycles. The molecule has 9 nitrogen and oxygen atoms in total. The molecule has 0 aliphatic carbocycles. The zero-order valence-corrected chi connectivity index (χ0v) is 16.6. The van der Waals surface area contributed by atoms with E-state index in [1.165, 1.54) is 12.1 Å². The van der Waals surface area contributed by atoms with Crippen molar-refractivity contribution in [2.24, 2.45) is 0 Å². The molecule has 0 radical (unpaired) electrons. The lowest BCUT2D eigenvalue weighted by Gasteiger charge is -2.17. The number of benzene rings is 1. The predicted molar refractivity (Wildman–Crippen MR) is 102 cm³/mol. The molecule has 0 aliphatic rings. The number of amides is 1. The van der Waals surface area contributed by atoms with Crippen molar-refractivity contribution in [2.45, 2.75) is 43.6 Å². The van der Waals surface area contributed by atoms with Gasteiger partial charge in [0.2, 0.25) is 15.7 Å². The summed E-state index contributed by atoms with van der Waals surface area (Å²) >= 11 is 0. The van der Waals surface area contributed by atoms with Crippen molar-refractivity contribution < 1.29 is 13.2 Å². The van der Waals surface area contributed by atoms with Gasteiger partial charge in [0.25, 0.3) is 0 Å². The van der Waals surface area contributed by atoms with E-state index in [0.29, 0.717) is 6.54 Å². The lowest BCUT2D eigenvalue weighted by atomic mass is 10.2. The van der Waals surface area contributed by atoms with E-state index in [-0.39, 0.29) is 17.2 Å². The maximum Gasteiger partial charge on any atom is 0.367 e. The number of nitrogens with one attached hydrogen (secondary N) is 1. The summed E-state index contributed by atoms with van der Waals surface area (Å²) in [6.07, 6.45) is 0. The van der Waals surface area contributed by atoms with Crippen molar-refractivity contribution in [1.29, 1.82) is 0 Å². The van der Waals surface area contributed by atoms with Crippen LogP contribution in [-0.4, -0.2) is 38.5 Å². The quantitative estimate of drug-likeness (QED) is 0.673. The van der Waals surface area contributed by atoms with Crippen LogP contribution in [0.5, 0.6) is 0 Å². The van der Waals surface area contributed by atoms with Crippen molar-refractivity contribution >= 4 is 21.4 Å². The van der Waals surface area contributed by atoms with Gasteiger partial charge in [-0.25, -0.2) is 17.9 Å². The number of aromatic nitrogens is 4. The zero-order valence-electron chi connectivity index (χ0n) is 15.8. The number of nitrogens with zero attached hydrogens (tertiary/aromatic N) is 4. The summed E-state index contributed by atoms with van der Waals surface area (Å²) in [6, 6.07) is 12.1. The lowest BCUT2D eigenvalue weighted by Crippen LogP contribution is -2.33. The van der Waals surface area contributed by atoms with Crippen molar-refractivity contribution in [3.05, 3.63) is 58.5 Å². The molecule has 2 heterocycles. The normalized spacial score (nSPS) is 12.2. The molecule has 1 amide bonds. The van der Waals surface area contributed by atoms with Gasteiger partial charge in [-0.1, -0.05) is 30.3 Å². The number of sulfone groups is 1. The molecule has 0 bridgehead atoms. The van der Waals surface area contributed by atoms with E-state index in [2.05, 4.69) is 15.5 Å². The van der Waals surface area contributed by atoms with E-state index in [1.54, 1.807) is 20.8 Å². The van der Waals surface area contributed by atoms with Crippen LogP contribution in [0.3, 0.4) is 0 Å². The Morgan fingerprint density at radius 2 is 1.75 bits per heavy atom. The molecule has 0 fully saturated rings. The largest absolute Gasteiger partial charge is 0.367 e. The minimum atomic E-state index is -3.72. The number of carbonyl (C=O) groups excluding carboxylic acids is 1. The van der Waals surface area contributed by atoms with Crippen molar-refractivity contribution in [3.8, 4) is 0 Å². The molecular formula is C18H21N5O4S. The molecule has 1 aromatic carbocycles. The Labute approximate surface area is 161 Å². The van der Waals surface area contributed by atoms with Crippen LogP contribution in [0.15, 0.2) is 52.3 Å². The molecule has 0 unspecified atom stereocenters. The minimum Gasteiger partial charge on any atom is -0.350 e. The molecule has 3 rings (SSSR count). The molecule has 28 heavy (non-hydrogen) atoms. The highest BCUT2D eigenvalue weighted by molar-refractivity contribution is 7.92. The first-order valence-electron chi connectivity index (χ1n) is 8.62. The fourth-order valence-corrected chi connectivity index (χ4v) is 3.50. The Bertz CT molecular complexity index is 1170. The Morgan fingerprint density at radius 1 is 1.07 bits per heavy atom. The Kier molecular flexibility index (Phi) is 5.07. The summed E-state index contributed by atoms with van der Waals surface area (Å²) in [5, 5.41) is 10.5. The molecule has 3 aromatic rings. The van der Waals surface area contributed by atoms with Gasteiger partial charge in [-0.05, 0) is 38.5 Å². The maximum absolute atomic E-state index is 12.5. The molecule has 1 N–H and O–H groups in total. The maximum atomic E-state index is 12.5. The van der Waals surface area contributed by atoms with Crippen LogP contribution in [0.4, 0.5) is 0 Å². The summed E-state index contributed by atoms with van der Waals surface area (Å²) in [5.74, 6) is -0.392. The van der Waals surface area contributed by atoms with Gasteiger partial charge in [0.15, 0.2) is 10.7 Å². The SMILES string of the molecule is CC(C)(C)S(=O)(=O)c1ccc2nn(CC(=O)NCc3ccccc3)c(=O)n2n1.